The van der Waals surface area contributed by atoms with Crippen LogP contribution in [0.25, 0.3) is 0 Å². The van der Waals surface area contributed by atoms with Gasteiger partial charge in [0.05, 0.1) is 12.0 Å². The van der Waals surface area contributed by atoms with Crippen LogP contribution in [0.3, 0.4) is 0 Å². The molecule has 1 aromatic carbocycles. The Morgan fingerprint density at radius 2 is 1.77 bits per heavy atom. The number of benzene rings is 1. The van der Waals surface area contributed by atoms with Crippen LogP contribution in [0.5, 0.6) is 0 Å². The van der Waals surface area contributed by atoms with Crippen molar-refractivity contribution in [3.8, 4) is 0 Å². The molecule has 3 rings (SSSR count). The number of nitrogens with zero attached hydrogens (tertiary/aromatic N) is 2. The van der Waals surface area contributed by atoms with Crippen molar-refractivity contribution in [2.45, 2.75) is 32.1 Å². The quantitative estimate of drug-likeness (QED) is 0.861. The Kier molecular flexibility index (Phi) is 5.84. The van der Waals surface area contributed by atoms with E-state index in [0.29, 0.717) is 16.8 Å². The molecule has 1 aliphatic heterocycles. The predicted octanol–water partition coefficient (Wildman–Crippen LogP) is 3.34. The average Bonchev–Trinajstić information content (AvgIpc) is 2.92. The SMILES string of the molecule is O=C(O)Cc1ccccc1NC(=O)c1ccc(N2CCCCCC2)nc1. The maximum Gasteiger partial charge on any atom is 0.307 e. The van der Waals surface area contributed by atoms with Crippen LogP contribution in [0.15, 0.2) is 42.6 Å². The lowest BCUT2D eigenvalue weighted by molar-refractivity contribution is -0.136. The average molecular weight is 353 g/mol. The number of carbonyl (C=O) groups excluding carboxylic acids is 1. The van der Waals surface area contributed by atoms with Gasteiger partial charge in [0.1, 0.15) is 5.82 Å². The minimum absolute atomic E-state index is 0.136. The maximum absolute atomic E-state index is 12.5. The molecule has 0 bridgehead atoms. The number of pyridine rings is 1. The standard InChI is InChI=1S/C20H23N3O3/c24-19(25)13-15-7-3-4-8-17(15)22-20(26)16-9-10-18(21-14-16)23-11-5-1-2-6-12-23/h3-4,7-10,14H,1-2,5-6,11-13H2,(H,22,26)(H,24,25). The minimum atomic E-state index is -0.935. The van der Waals surface area contributed by atoms with Gasteiger partial charge in [-0.25, -0.2) is 4.98 Å². The van der Waals surface area contributed by atoms with Gasteiger partial charge in [-0.05, 0) is 36.6 Å². The zero-order valence-corrected chi connectivity index (χ0v) is 14.6. The molecule has 2 heterocycles. The summed E-state index contributed by atoms with van der Waals surface area (Å²) in [6, 6.07) is 10.6. The number of carboxylic acid groups (broad SMARTS) is 1. The van der Waals surface area contributed by atoms with Crippen LogP contribution in [0.1, 0.15) is 41.6 Å². The van der Waals surface area contributed by atoms with Gasteiger partial charge < -0.3 is 15.3 Å². The zero-order chi connectivity index (χ0) is 18.4. The van der Waals surface area contributed by atoms with E-state index >= 15 is 0 Å². The molecule has 6 heteroatoms. The number of amides is 1. The summed E-state index contributed by atoms with van der Waals surface area (Å²) in [7, 11) is 0. The number of anilines is 2. The predicted molar refractivity (Wildman–Crippen MR) is 101 cm³/mol. The molecule has 1 aromatic heterocycles. The summed E-state index contributed by atoms with van der Waals surface area (Å²) < 4.78 is 0. The highest BCUT2D eigenvalue weighted by atomic mass is 16.4. The number of carboxylic acids is 1. The Morgan fingerprint density at radius 3 is 2.42 bits per heavy atom. The third kappa shape index (κ3) is 4.59. The largest absolute Gasteiger partial charge is 0.481 e. The summed E-state index contributed by atoms with van der Waals surface area (Å²) in [6.45, 7) is 2.00. The molecule has 1 fully saturated rings. The lowest BCUT2D eigenvalue weighted by Gasteiger charge is -2.21. The van der Waals surface area contributed by atoms with E-state index < -0.39 is 5.97 Å². The Labute approximate surface area is 152 Å². The summed E-state index contributed by atoms with van der Waals surface area (Å²) in [5.41, 5.74) is 1.53. The van der Waals surface area contributed by atoms with Crippen molar-refractivity contribution in [3.63, 3.8) is 0 Å². The lowest BCUT2D eigenvalue weighted by atomic mass is 10.1. The summed E-state index contributed by atoms with van der Waals surface area (Å²) in [6.07, 6.45) is 6.30. The van der Waals surface area contributed by atoms with Crippen molar-refractivity contribution < 1.29 is 14.7 Å². The van der Waals surface area contributed by atoms with Crippen molar-refractivity contribution in [2.75, 3.05) is 23.3 Å². The summed E-state index contributed by atoms with van der Waals surface area (Å²) in [5, 5.41) is 11.8. The van der Waals surface area contributed by atoms with Crippen LogP contribution in [0.2, 0.25) is 0 Å². The molecule has 6 nitrogen and oxygen atoms in total. The molecule has 0 atom stereocenters. The molecule has 136 valence electrons. The fourth-order valence-corrected chi connectivity index (χ4v) is 3.16. The third-order valence-electron chi connectivity index (χ3n) is 4.55. The molecule has 26 heavy (non-hydrogen) atoms. The molecular weight excluding hydrogens is 330 g/mol. The first kappa shape index (κ1) is 17.9. The maximum atomic E-state index is 12.5. The van der Waals surface area contributed by atoms with Crippen LogP contribution in [0, 0.1) is 0 Å². The first-order valence-corrected chi connectivity index (χ1v) is 8.95. The topological polar surface area (TPSA) is 82.5 Å². The molecule has 0 aliphatic carbocycles. The molecule has 0 radical (unpaired) electrons. The highest BCUT2D eigenvalue weighted by Crippen LogP contribution is 2.19. The van der Waals surface area contributed by atoms with Crippen LogP contribution >= 0.6 is 0 Å². The Hall–Kier alpha value is -2.89. The van der Waals surface area contributed by atoms with Crippen molar-refractivity contribution in [3.05, 3.63) is 53.7 Å². The Bertz CT molecular complexity index is 766. The highest BCUT2D eigenvalue weighted by Gasteiger charge is 2.14. The first-order chi connectivity index (χ1) is 12.6. The Balaban J connectivity index is 1.70. The second-order valence-corrected chi connectivity index (χ2v) is 6.49. The van der Waals surface area contributed by atoms with E-state index in [4.69, 9.17) is 5.11 Å². The lowest BCUT2D eigenvalue weighted by Crippen LogP contribution is -2.25. The number of aromatic nitrogens is 1. The second-order valence-electron chi connectivity index (χ2n) is 6.49. The number of nitrogens with one attached hydrogen (secondary N) is 1. The normalized spacial score (nSPS) is 14.5. The fourth-order valence-electron chi connectivity index (χ4n) is 3.16. The van der Waals surface area contributed by atoms with Gasteiger partial charge in [-0.1, -0.05) is 31.0 Å². The number of carbonyl (C=O) groups is 2. The molecule has 2 aromatic rings. The van der Waals surface area contributed by atoms with Gasteiger partial charge in [-0.3, -0.25) is 9.59 Å². The molecule has 0 saturated carbocycles. The van der Waals surface area contributed by atoms with E-state index in [9.17, 15) is 9.59 Å². The van der Waals surface area contributed by atoms with Gasteiger partial charge >= 0.3 is 5.97 Å². The molecule has 0 unspecified atom stereocenters. The van der Waals surface area contributed by atoms with Crippen molar-refractivity contribution in [1.29, 1.82) is 0 Å². The number of para-hydroxylation sites is 1. The van der Waals surface area contributed by atoms with E-state index in [2.05, 4.69) is 15.2 Å². The van der Waals surface area contributed by atoms with Crippen molar-refractivity contribution >= 4 is 23.4 Å². The van der Waals surface area contributed by atoms with E-state index in [1.165, 1.54) is 25.7 Å². The number of aliphatic carboxylic acids is 1. The second kappa shape index (κ2) is 8.47. The van der Waals surface area contributed by atoms with Crippen LogP contribution in [0.4, 0.5) is 11.5 Å². The van der Waals surface area contributed by atoms with Gasteiger partial charge in [-0.15, -0.1) is 0 Å². The number of rotatable bonds is 5. The minimum Gasteiger partial charge on any atom is -0.481 e. The van der Waals surface area contributed by atoms with Gasteiger partial charge in [-0.2, -0.15) is 0 Å². The monoisotopic (exact) mass is 353 g/mol. The smallest absolute Gasteiger partial charge is 0.307 e. The number of hydrogen-bond acceptors (Lipinski definition) is 4. The van der Waals surface area contributed by atoms with Crippen LogP contribution in [-0.4, -0.2) is 35.1 Å². The van der Waals surface area contributed by atoms with Gasteiger partial charge in [0.15, 0.2) is 0 Å². The van der Waals surface area contributed by atoms with E-state index in [-0.39, 0.29) is 12.3 Å². The summed E-state index contributed by atoms with van der Waals surface area (Å²) in [5.74, 6) is -0.331. The number of hydrogen-bond donors (Lipinski definition) is 2. The van der Waals surface area contributed by atoms with Crippen LogP contribution < -0.4 is 10.2 Å². The molecule has 1 saturated heterocycles. The van der Waals surface area contributed by atoms with E-state index in [1.54, 1.807) is 36.5 Å². The molecule has 1 aliphatic rings. The van der Waals surface area contributed by atoms with E-state index in [1.807, 2.05) is 6.07 Å². The van der Waals surface area contributed by atoms with Crippen LogP contribution in [-0.2, 0) is 11.2 Å². The first-order valence-electron chi connectivity index (χ1n) is 8.95. The van der Waals surface area contributed by atoms with E-state index in [0.717, 1.165) is 18.9 Å². The highest BCUT2D eigenvalue weighted by molar-refractivity contribution is 6.04. The van der Waals surface area contributed by atoms with Gasteiger partial charge in [0, 0.05) is 25.0 Å². The third-order valence-corrected chi connectivity index (χ3v) is 4.55. The molecule has 2 N–H and O–H groups in total. The summed E-state index contributed by atoms with van der Waals surface area (Å²) >= 11 is 0. The Morgan fingerprint density at radius 1 is 1.04 bits per heavy atom. The molecule has 1 amide bonds. The zero-order valence-electron chi connectivity index (χ0n) is 14.6. The fraction of sp³-hybridized carbons (Fsp3) is 0.350. The van der Waals surface area contributed by atoms with Crippen molar-refractivity contribution in [2.24, 2.45) is 0 Å². The molecular formula is C20H23N3O3. The molecule has 0 spiro atoms. The van der Waals surface area contributed by atoms with Crippen molar-refractivity contribution in [1.82, 2.24) is 4.98 Å². The van der Waals surface area contributed by atoms with Gasteiger partial charge in [0.2, 0.25) is 0 Å². The van der Waals surface area contributed by atoms with Gasteiger partial charge in [0.25, 0.3) is 5.91 Å². The summed E-state index contributed by atoms with van der Waals surface area (Å²) in [4.78, 5) is 30.2.